The van der Waals surface area contributed by atoms with Crippen molar-refractivity contribution in [2.24, 2.45) is 0 Å². The second kappa shape index (κ2) is 8.71. The Balaban J connectivity index is 1.42. The molecular weight excluding hydrogens is 352 g/mol. The van der Waals surface area contributed by atoms with Crippen LogP contribution >= 0.6 is 11.3 Å². The maximum absolute atomic E-state index is 12.2. The van der Waals surface area contributed by atoms with Gasteiger partial charge in [-0.15, -0.1) is 11.3 Å². The minimum absolute atomic E-state index is 0.124. The smallest absolute Gasteiger partial charge is 0.279 e. The van der Waals surface area contributed by atoms with Crippen LogP contribution in [0.1, 0.15) is 39.4 Å². The molecule has 2 amide bonds. The third-order valence-corrected chi connectivity index (χ3v) is 5.43. The zero-order valence-corrected chi connectivity index (χ0v) is 15.5. The average Bonchev–Trinajstić information content (AvgIpc) is 3.11. The first kappa shape index (κ1) is 18.3. The number of aryl methyl sites for hydroxylation is 2. The molecule has 26 heavy (non-hydrogen) atoms. The predicted molar refractivity (Wildman–Crippen MR) is 99.7 cm³/mol. The number of carbonyl (C=O) groups is 2. The summed E-state index contributed by atoms with van der Waals surface area (Å²) in [5.41, 5.74) is 6.17. The first-order valence-corrected chi connectivity index (χ1v) is 9.45. The summed E-state index contributed by atoms with van der Waals surface area (Å²) in [7, 11) is 1.56. The average molecular weight is 374 g/mol. The summed E-state index contributed by atoms with van der Waals surface area (Å²) in [4.78, 5) is 26.0. The molecule has 0 aliphatic heterocycles. The van der Waals surface area contributed by atoms with Gasteiger partial charge in [-0.25, -0.2) is 0 Å². The zero-order chi connectivity index (χ0) is 18.4. The second-order valence-corrected chi connectivity index (χ2v) is 7.15. The molecule has 0 fully saturated rings. The van der Waals surface area contributed by atoms with Gasteiger partial charge in [0.05, 0.1) is 25.0 Å². The summed E-state index contributed by atoms with van der Waals surface area (Å²) in [5.74, 6) is 0.608. The maximum atomic E-state index is 12.2. The second-order valence-electron chi connectivity index (χ2n) is 6.02. The maximum Gasteiger partial charge on any atom is 0.279 e. The molecule has 6 nitrogen and oxygen atoms in total. The molecule has 3 rings (SSSR count). The highest BCUT2D eigenvalue weighted by molar-refractivity contribution is 7.14. The Kier molecular flexibility index (Phi) is 6.12. The highest BCUT2D eigenvalue weighted by Gasteiger charge is 2.17. The van der Waals surface area contributed by atoms with Crippen LogP contribution < -0.4 is 20.3 Å². The van der Waals surface area contributed by atoms with Gasteiger partial charge >= 0.3 is 0 Å². The van der Waals surface area contributed by atoms with Gasteiger partial charge in [-0.1, -0.05) is 12.1 Å². The third-order valence-electron chi connectivity index (χ3n) is 4.19. The number of rotatable bonds is 6. The van der Waals surface area contributed by atoms with Gasteiger partial charge in [0.1, 0.15) is 0 Å². The van der Waals surface area contributed by atoms with Crippen LogP contribution in [-0.4, -0.2) is 25.5 Å². The van der Waals surface area contributed by atoms with Crippen LogP contribution in [0.4, 0.5) is 0 Å². The van der Waals surface area contributed by atoms with E-state index in [1.807, 2.05) is 18.2 Å². The highest BCUT2D eigenvalue weighted by atomic mass is 32.1. The Hall–Kier alpha value is -2.54. The number of hydrogen-bond donors (Lipinski definition) is 2. The fourth-order valence-electron chi connectivity index (χ4n) is 2.84. The van der Waals surface area contributed by atoms with Crippen molar-refractivity contribution in [3.8, 4) is 11.5 Å². The van der Waals surface area contributed by atoms with Crippen LogP contribution in [0, 0.1) is 0 Å². The number of carbonyl (C=O) groups excluding carboxylic acids is 2. The van der Waals surface area contributed by atoms with E-state index in [9.17, 15) is 9.59 Å². The van der Waals surface area contributed by atoms with Crippen LogP contribution in [-0.2, 0) is 17.6 Å². The SMILES string of the molecule is COc1ccccc1OCCC(=O)NNC(=O)c1cc2c(s1)CCCC2. The highest BCUT2D eigenvalue weighted by Crippen LogP contribution is 2.29. The molecule has 1 aromatic carbocycles. The molecule has 0 spiro atoms. The van der Waals surface area contributed by atoms with Gasteiger partial charge in [-0.2, -0.15) is 0 Å². The molecule has 0 radical (unpaired) electrons. The van der Waals surface area contributed by atoms with Crippen LogP contribution in [0.25, 0.3) is 0 Å². The number of para-hydroxylation sites is 2. The minimum Gasteiger partial charge on any atom is -0.493 e. The molecule has 0 unspecified atom stereocenters. The Morgan fingerprint density at radius 3 is 2.65 bits per heavy atom. The molecular formula is C19H22N2O4S. The molecule has 1 aliphatic carbocycles. The van der Waals surface area contributed by atoms with Crippen molar-refractivity contribution >= 4 is 23.2 Å². The Labute approximate surface area is 156 Å². The number of fused-ring (bicyclic) bond motifs is 1. The summed E-state index contributed by atoms with van der Waals surface area (Å²) in [6.07, 6.45) is 4.55. The fourth-order valence-corrected chi connectivity index (χ4v) is 3.99. The van der Waals surface area contributed by atoms with Gasteiger partial charge in [0.25, 0.3) is 5.91 Å². The normalized spacial score (nSPS) is 12.8. The van der Waals surface area contributed by atoms with E-state index in [2.05, 4.69) is 10.9 Å². The predicted octanol–water partition coefficient (Wildman–Crippen LogP) is 2.87. The van der Waals surface area contributed by atoms with Crippen LogP contribution in [0.3, 0.4) is 0 Å². The Morgan fingerprint density at radius 2 is 1.88 bits per heavy atom. The number of amides is 2. The molecule has 1 aliphatic rings. The number of hydrazine groups is 1. The Bertz CT molecular complexity index is 764. The van der Waals surface area contributed by atoms with Gasteiger partial charge in [0.15, 0.2) is 11.5 Å². The summed E-state index contributed by atoms with van der Waals surface area (Å²) in [6, 6.07) is 9.17. The lowest BCUT2D eigenvalue weighted by molar-refractivity contribution is -0.122. The molecule has 0 saturated heterocycles. The van der Waals surface area contributed by atoms with Crippen molar-refractivity contribution in [3.63, 3.8) is 0 Å². The van der Waals surface area contributed by atoms with Gasteiger partial charge in [-0.3, -0.25) is 20.4 Å². The molecule has 138 valence electrons. The van der Waals surface area contributed by atoms with Crippen molar-refractivity contribution < 1.29 is 19.1 Å². The first-order chi connectivity index (χ1) is 12.7. The summed E-state index contributed by atoms with van der Waals surface area (Å²) < 4.78 is 10.7. The lowest BCUT2D eigenvalue weighted by Crippen LogP contribution is -2.41. The molecule has 1 aromatic heterocycles. The zero-order valence-electron chi connectivity index (χ0n) is 14.7. The molecule has 1 heterocycles. The van der Waals surface area contributed by atoms with E-state index in [0.29, 0.717) is 16.4 Å². The molecule has 0 bridgehead atoms. The van der Waals surface area contributed by atoms with Gasteiger partial charge < -0.3 is 9.47 Å². The van der Waals surface area contributed by atoms with E-state index >= 15 is 0 Å². The van der Waals surface area contributed by atoms with Crippen LogP contribution in [0.5, 0.6) is 11.5 Å². The van der Waals surface area contributed by atoms with E-state index in [0.717, 1.165) is 12.8 Å². The Morgan fingerprint density at radius 1 is 1.12 bits per heavy atom. The van der Waals surface area contributed by atoms with Gasteiger partial charge in [0.2, 0.25) is 5.91 Å². The topological polar surface area (TPSA) is 76.7 Å². The van der Waals surface area contributed by atoms with Gasteiger partial charge in [0, 0.05) is 4.88 Å². The largest absolute Gasteiger partial charge is 0.493 e. The van der Waals surface area contributed by atoms with E-state index in [1.54, 1.807) is 19.2 Å². The fraction of sp³-hybridized carbons (Fsp3) is 0.368. The van der Waals surface area contributed by atoms with Crippen molar-refractivity contribution in [1.29, 1.82) is 0 Å². The quantitative estimate of drug-likeness (QED) is 0.763. The number of hydrogen-bond acceptors (Lipinski definition) is 5. The standard InChI is InChI=1S/C19H22N2O4S/c1-24-14-7-3-4-8-15(14)25-11-10-18(22)20-21-19(23)17-12-13-6-2-5-9-16(13)26-17/h3-4,7-8,12H,2,5-6,9-11H2,1H3,(H,20,22)(H,21,23). The van der Waals surface area contributed by atoms with E-state index < -0.39 is 0 Å². The molecule has 0 saturated carbocycles. The first-order valence-electron chi connectivity index (χ1n) is 8.64. The van der Waals surface area contributed by atoms with E-state index in [1.165, 1.54) is 34.6 Å². The van der Waals surface area contributed by atoms with Crippen molar-refractivity contribution in [1.82, 2.24) is 10.9 Å². The molecule has 7 heteroatoms. The minimum atomic E-state index is -0.311. The van der Waals surface area contributed by atoms with E-state index in [-0.39, 0.29) is 24.8 Å². The summed E-state index contributed by atoms with van der Waals surface area (Å²) in [6.45, 7) is 0.190. The van der Waals surface area contributed by atoms with Crippen molar-refractivity contribution in [2.45, 2.75) is 32.1 Å². The molecule has 0 atom stereocenters. The number of benzene rings is 1. The summed E-state index contributed by atoms with van der Waals surface area (Å²) >= 11 is 1.51. The lowest BCUT2D eigenvalue weighted by Gasteiger charge is -2.10. The summed E-state index contributed by atoms with van der Waals surface area (Å²) in [5, 5.41) is 0. The van der Waals surface area contributed by atoms with Crippen molar-refractivity contribution in [2.75, 3.05) is 13.7 Å². The van der Waals surface area contributed by atoms with E-state index in [4.69, 9.17) is 9.47 Å². The number of nitrogens with one attached hydrogen (secondary N) is 2. The van der Waals surface area contributed by atoms with Crippen molar-refractivity contribution in [3.05, 3.63) is 45.6 Å². The lowest BCUT2D eigenvalue weighted by atomic mass is 9.99. The van der Waals surface area contributed by atoms with Crippen LogP contribution in [0.15, 0.2) is 30.3 Å². The third kappa shape index (κ3) is 4.54. The number of ether oxygens (including phenoxy) is 2. The molecule has 2 aromatic rings. The van der Waals surface area contributed by atoms with Crippen LogP contribution in [0.2, 0.25) is 0 Å². The number of methoxy groups -OCH3 is 1. The monoisotopic (exact) mass is 374 g/mol. The number of thiophene rings is 1. The molecule has 2 N–H and O–H groups in total. The van der Waals surface area contributed by atoms with Gasteiger partial charge in [-0.05, 0) is 49.4 Å².